The van der Waals surface area contributed by atoms with Gasteiger partial charge in [0.05, 0.1) is 0 Å². The summed E-state index contributed by atoms with van der Waals surface area (Å²) in [7, 11) is 0. The van der Waals surface area contributed by atoms with Crippen LogP contribution in [-0.2, 0) is 4.79 Å². The molecule has 0 bridgehead atoms. The van der Waals surface area contributed by atoms with Gasteiger partial charge in [-0.1, -0.05) is 0 Å². The lowest BCUT2D eigenvalue weighted by Gasteiger charge is -2.35. The lowest BCUT2D eigenvalue weighted by Crippen LogP contribution is -2.48. The molecule has 114 valence electrons. The van der Waals surface area contributed by atoms with Crippen molar-refractivity contribution in [2.45, 2.75) is 39.5 Å². The van der Waals surface area contributed by atoms with Gasteiger partial charge in [0.25, 0.3) is 0 Å². The summed E-state index contributed by atoms with van der Waals surface area (Å²) in [5, 5.41) is 0. The Balaban J connectivity index is 1.82. The molecule has 2 fully saturated rings. The molecule has 0 atom stereocenters. The Morgan fingerprint density at radius 2 is 1.50 bits per heavy atom. The monoisotopic (exact) mass is 281 g/mol. The van der Waals surface area contributed by atoms with E-state index in [-0.39, 0.29) is 11.9 Å². The fourth-order valence-corrected chi connectivity index (χ4v) is 3.21. The SMILES string of the molecule is CCN(CC)C(=O)N1CCC(C(=O)N2CCCC2)CC1. The molecule has 2 saturated heterocycles. The van der Waals surface area contributed by atoms with Crippen LogP contribution < -0.4 is 0 Å². The molecule has 5 heteroatoms. The van der Waals surface area contributed by atoms with Gasteiger partial charge in [-0.25, -0.2) is 4.79 Å². The summed E-state index contributed by atoms with van der Waals surface area (Å²) in [6.07, 6.45) is 3.93. The zero-order valence-corrected chi connectivity index (χ0v) is 12.8. The second-order valence-electron chi connectivity index (χ2n) is 5.75. The summed E-state index contributed by atoms with van der Waals surface area (Å²) < 4.78 is 0. The van der Waals surface area contributed by atoms with E-state index in [9.17, 15) is 9.59 Å². The molecule has 0 aromatic carbocycles. The molecule has 3 amide bonds. The van der Waals surface area contributed by atoms with Gasteiger partial charge < -0.3 is 14.7 Å². The van der Waals surface area contributed by atoms with Crippen molar-refractivity contribution in [3.8, 4) is 0 Å². The molecule has 2 heterocycles. The first kappa shape index (κ1) is 15.1. The van der Waals surface area contributed by atoms with Crippen LogP contribution in [0.5, 0.6) is 0 Å². The number of piperidine rings is 1. The molecule has 5 nitrogen and oxygen atoms in total. The molecule has 2 rings (SSSR count). The average Bonchev–Trinajstić information content (AvgIpc) is 3.02. The second kappa shape index (κ2) is 6.95. The Labute approximate surface area is 121 Å². The van der Waals surface area contributed by atoms with E-state index in [0.717, 1.165) is 65.0 Å². The number of carbonyl (C=O) groups is 2. The minimum absolute atomic E-state index is 0.127. The van der Waals surface area contributed by atoms with Gasteiger partial charge in [-0.15, -0.1) is 0 Å². The van der Waals surface area contributed by atoms with Crippen molar-refractivity contribution in [3.63, 3.8) is 0 Å². The molecule has 2 aliphatic rings. The molecule has 0 spiro atoms. The second-order valence-corrected chi connectivity index (χ2v) is 5.75. The van der Waals surface area contributed by atoms with Gasteiger partial charge >= 0.3 is 6.03 Å². The first-order valence-electron chi connectivity index (χ1n) is 8.00. The highest BCUT2D eigenvalue weighted by atomic mass is 16.2. The van der Waals surface area contributed by atoms with Crippen molar-refractivity contribution < 1.29 is 9.59 Å². The van der Waals surface area contributed by atoms with Gasteiger partial charge in [0.1, 0.15) is 0 Å². The van der Waals surface area contributed by atoms with Crippen molar-refractivity contribution in [2.24, 2.45) is 5.92 Å². The number of rotatable bonds is 3. The zero-order chi connectivity index (χ0) is 14.5. The largest absolute Gasteiger partial charge is 0.342 e. The number of nitrogens with zero attached hydrogens (tertiary/aromatic N) is 3. The van der Waals surface area contributed by atoms with Crippen LogP contribution in [0.4, 0.5) is 4.79 Å². The van der Waals surface area contributed by atoms with Crippen LogP contribution in [0.1, 0.15) is 39.5 Å². The van der Waals surface area contributed by atoms with E-state index in [4.69, 9.17) is 0 Å². The van der Waals surface area contributed by atoms with Crippen molar-refractivity contribution in [2.75, 3.05) is 39.3 Å². The van der Waals surface area contributed by atoms with Crippen LogP contribution in [0.3, 0.4) is 0 Å². The molecule has 2 aliphatic heterocycles. The highest BCUT2D eigenvalue weighted by molar-refractivity contribution is 5.80. The van der Waals surface area contributed by atoms with E-state index in [2.05, 4.69) is 0 Å². The highest BCUT2D eigenvalue weighted by Gasteiger charge is 2.31. The summed E-state index contributed by atoms with van der Waals surface area (Å²) in [6.45, 7) is 8.81. The third-order valence-corrected chi connectivity index (χ3v) is 4.57. The van der Waals surface area contributed by atoms with Crippen molar-refractivity contribution in [1.29, 1.82) is 0 Å². The number of hydrogen-bond acceptors (Lipinski definition) is 2. The van der Waals surface area contributed by atoms with Gasteiger partial charge in [-0.3, -0.25) is 4.79 Å². The van der Waals surface area contributed by atoms with Gasteiger partial charge in [0.2, 0.25) is 5.91 Å². The third kappa shape index (κ3) is 3.25. The normalized spacial score (nSPS) is 20.3. The summed E-state index contributed by atoms with van der Waals surface area (Å²) in [5.74, 6) is 0.450. The Kier molecular flexibility index (Phi) is 5.26. The predicted octanol–water partition coefficient (Wildman–Crippen LogP) is 1.78. The van der Waals surface area contributed by atoms with Gasteiger partial charge in [0.15, 0.2) is 0 Å². The minimum Gasteiger partial charge on any atom is -0.342 e. The molecule has 20 heavy (non-hydrogen) atoms. The van der Waals surface area contributed by atoms with Crippen LogP contribution in [0.15, 0.2) is 0 Å². The fraction of sp³-hybridized carbons (Fsp3) is 0.867. The maximum Gasteiger partial charge on any atom is 0.319 e. The molecule has 0 saturated carbocycles. The van der Waals surface area contributed by atoms with Crippen LogP contribution in [0, 0.1) is 5.92 Å². The summed E-state index contributed by atoms with van der Waals surface area (Å²) in [6, 6.07) is 0.127. The number of amides is 3. The maximum atomic E-state index is 12.3. The van der Waals surface area contributed by atoms with E-state index in [1.54, 1.807) is 0 Å². The molecule has 0 aliphatic carbocycles. The lowest BCUT2D eigenvalue weighted by atomic mass is 9.95. The Morgan fingerprint density at radius 3 is 2.00 bits per heavy atom. The summed E-state index contributed by atoms with van der Waals surface area (Å²) in [4.78, 5) is 30.3. The maximum absolute atomic E-state index is 12.3. The summed E-state index contributed by atoms with van der Waals surface area (Å²) in [5.41, 5.74) is 0. The number of carbonyl (C=O) groups excluding carboxylic acids is 2. The van der Waals surface area contributed by atoms with Crippen LogP contribution in [0.25, 0.3) is 0 Å². The van der Waals surface area contributed by atoms with Gasteiger partial charge in [0, 0.05) is 45.2 Å². The van der Waals surface area contributed by atoms with Gasteiger partial charge in [-0.2, -0.15) is 0 Å². The fourth-order valence-electron chi connectivity index (χ4n) is 3.21. The number of urea groups is 1. The smallest absolute Gasteiger partial charge is 0.319 e. The van der Waals surface area contributed by atoms with E-state index in [1.807, 2.05) is 28.5 Å². The van der Waals surface area contributed by atoms with E-state index >= 15 is 0 Å². The molecule has 0 aromatic rings. The molecule has 0 N–H and O–H groups in total. The lowest BCUT2D eigenvalue weighted by molar-refractivity contribution is -0.135. The van der Waals surface area contributed by atoms with Gasteiger partial charge in [-0.05, 0) is 39.5 Å². The molecular formula is C15H27N3O2. The molecule has 0 unspecified atom stereocenters. The average molecular weight is 281 g/mol. The first-order chi connectivity index (χ1) is 9.67. The molecular weight excluding hydrogens is 254 g/mol. The Morgan fingerprint density at radius 1 is 0.950 bits per heavy atom. The van der Waals surface area contributed by atoms with Crippen molar-refractivity contribution in [1.82, 2.24) is 14.7 Å². The standard InChI is InChI=1S/C15H27N3O2/c1-3-16(4-2)15(20)18-11-7-13(8-12-18)14(19)17-9-5-6-10-17/h13H,3-12H2,1-2H3. The topological polar surface area (TPSA) is 43.9 Å². The van der Waals surface area contributed by atoms with E-state index in [1.165, 1.54) is 0 Å². The number of hydrogen-bond donors (Lipinski definition) is 0. The van der Waals surface area contributed by atoms with Crippen molar-refractivity contribution >= 4 is 11.9 Å². The third-order valence-electron chi connectivity index (χ3n) is 4.57. The van der Waals surface area contributed by atoms with Crippen molar-refractivity contribution in [3.05, 3.63) is 0 Å². The molecule has 0 aromatic heterocycles. The quantitative estimate of drug-likeness (QED) is 0.791. The summed E-state index contributed by atoms with van der Waals surface area (Å²) >= 11 is 0. The Bertz CT molecular complexity index is 319. The van der Waals surface area contributed by atoms with Crippen LogP contribution in [-0.4, -0.2) is 65.9 Å². The van der Waals surface area contributed by atoms with Crippen LogP contribution in [0.2, 0.25) is 0 Å². The zero-order valence-electron chi connectivity index (χ0n) is 12.8. The Hall–Kier alpha value is -1.26. The van der Waals surface area contributed by atoms with E-state index < -0.39 is 0 Å². The van der Waals surface area contributed by atoms with E-state index in [0.29, 0.717) is 5.91 Å². The minimum atomic E-state index is 0.127. The first-order valence-corrected chi connectivity index (χ1v) is 8.00. The highest BCUT2D eigenvalue weighted by Crippen LogP contribution is 2.22. The predicted molar refractivity (Wildman–Crippen MR) is 78.4 cm³/mol. The molecule has 0 radical (unpaired) electrons. The van der Waals surface area contributed by atoms with Crippen LogP contribution >= 0.6 is 0 Å². The number of likely N-dealkylation sites (tertiary alicyclic amines) is 2.